The van der Waals surface area contributed by atoms with Gasteiger partial charge in [0.25, 0.3) is 0 Å². The topological polar surface area (TPSA) is 62.3 Å². The van der Waals surface area contributed by atoms with Crippen LogP contribution in [0.3, 0.4) is 0 Å². The van der Waals surface area contributed by atoms with E-state index < -0.39 is 5.41 Å². The number of rotatable bonds is 7. The zero-order valence-electron chi connectivity index (χ0n) is 18.8. The molecule has 2 heterocycles. The van der Waals surface area contributed by atoms with Gasteiger partial charge >= 0.3 is 0 Å². The molecule has 1 saturated carbocycles. The van der Waals surface area contributed by atoms with Crippen molar-refractivity contribution >= 4 is 11.8 Å². The first kappa shape index (κ1) is 22.3. The summed E-state index contributed by atoms with van der Waals surface area (Å²) >= 11 is 0. The maximum Gasteiger partial charge on any atom is 0.228 e. The highest BCUT2D eigenvalue weighted by Crippen LogP contribution is 2.37. The number of likely N-dealkylation sites (tertiary alicyclic amines) is 1. The summed E-state index contributed by atoms with van der Waals surface area (Å²) < 4.78 is 0. The van der Waals surface area contributed by atoms with Crippen LogP contribution in [0.5, 0.6) is 0 Å². The van der Waals surface area contributed by atoms with E-state index in [0.29, 0.717) is 19.5 Å². The SMILES string of the molecule is C=CCNC(=O)[C@]1(Cc2cccc(-c3ccncc3)c2)CCCN(C(=O)C2CCCC2)C1. The Morgan fingerprint density at radius 2 is 1.91 bits per heavy atom. The molecule has 1 saturated heterocycles. The summed E-state index contributed by atoms with van der Waals surface area (Å²) in [5.74, 6) is 0.404. The van der Waals surface area contributed by atoms with Crippen LogP contribution >= 0.6 is 0 Å². The second-order valence-electron chi connectivity index (χ2n) is 9.24. The minimum absolute atomic E-state index is 0.0237. The molecule has 0 radical (unpaired) electrons. The third kappa shape index (κ3) is 4.93. The van der Waals surface area contributed by atoms with E-state index in [1.807, 2.05) is 23.1 Å². The zero-order valence-corrected chi connectivity index (χ0v) is 18.8. The Morgan fingerprint density at radius 1 is 1.12 bits per heavy atom. The molecule has 0 unspecified atom stereocenters. The summed E-state index contributed by atoms with van der Waals surface area (Å²) in [4.78, 5) is 32.7. The van der Waals surface area contributed by atoms with Crippen LogP contribution in [0, 0.1) is 11.3 Å². The van der Waals surface area contributed by atoms with Gasteiger partial charge in [0.1, 0.15) is 0 Å². The van der Waals surface area contributed by atoms with Gasteiger partial charge in [-0.3, -0.25) is 14.6 Å². The highest BCUT2D eigenvalue weighted by molar-refractivity contribution is 5.85. The number of amides is 2. The lowest BCUT2D eigenvalue weighted by molar-refractivity contribution is -0.144. The normalized spacial score (nSPS) is 21.3. The van der Waals surface area contributed by atoms with E-state index in [0.717, 1.165) is 61.8 Å². The van der Waals surface area contributed by atoms with E-state index in [1.54, 1.807) is 18.5 Å². The molecule has 2 amide bonds. The summed E-state index contributed by atoms with van der Waals surface area (Å²) in [6.07, 6.45) is 11.8. The molecule has 5 heteroatoms. The van der Waals surface area contributed by atoms with Crippen molar-refractivity contribution in [3.8, 4) is 11.1 Å². The number of carbonyl (C=O) groups is 2. The van der Waals surface area contributed by atoms with Crippen LogP contribution in [0.2, 0.25) is 0 Å². The number of piperidine rings is 1. The molecule has 2 aliphatic rings. The largest absolute Gasteiger partial charge is 0.352 e. The lowest BCUT2D eigenvalue weighted by Gasteiger charge is -2.42. The number of pyridine rings is 1. The molecule has 0 spiro atoms. The number of carbonyl (C=O) groups excluding carboxylic acids is 2. The molecule has 0 bridgehead atoms. The van der Waals surface area contributed by atoms with Gasteiger partial charge in [-0.25, -0.2) is 0 Å². The van der Waals surface area contributed by atoms with Crippen molar-refractivity contribution in [1.82, 2.24) is 15.2 Å². The van der Waals surface area contributed by atoms with Crippen molar-refractivity contribution in [1.29, 1.82) is 0 Å². The molecule has 5 nitrogen and oxygen atoms in total. The maximum absolute atomic E-state index is 13.4. The van der Waals surface area contributed by atoms with Crippen LogP contribution < -0.4 is 5.32 Å². The average molecular weight is 432 g/mol. The van der Waals surface area contributed by atoms with Crippen molar-refractivity contribution in [3.05, 3.63) is 67.0 Å². The lowest BCUT2D eigenvalue weighted by atomic mass is 9.73. The highest BCUT2D eigenvalue weighted by Gasteiger charge is 2.44. The molecule has 2 fully saturated rings. The van der Waals surface area contributed by atoms with Gasteiger partial charge in [-0.15, -0.1) is 6.58 Å². The fourth-order valence-electron chi connectivity index (χ4n) is 5.31. The van der Waals surface area contributed by atoms with Crippen LogP contribution in [0.25, 0.3) is 11.1 Å². The molecule has 1 aliphatic heterocycles. The number of nitrogens with zero attached hydrogens (tertiary/aromatic N) is 2. The van der Waals surface area contributed by atoms with Crippen LogP contribution in [-0.4, -0.2) is 41.3 Å². The molecule has 1 N–H and O–H groups in total. The summed E-state index contributed by atoms with van der Waals surface area (Å²) in [5.41, 5.74) is 2.71. The van der Waals surface area contributed by atoms with Gasteiger partial charge in [-0.1, -0.05) is 43.2 Å². The van der Waals surface area contributed by atoms with Crippen LogP contribution in [0.4, 0.5) is 0 Å². The molecule has 1 atom stereocenters. The number of aromatic nitrogens is 1. The van der Waals surface area contributed by atoms with Crippen LogP contribution in [0.1, 0.15) is 44.1 Å². The lowest BCUT2D eigenvalue weighted by Crippen LogP contribution is -2.55. The van der Waals surface area contributed by atoms with Gasteiger partial charge in [-0.2, -0.15) is 0 Å². The second kappa shape index (κ2) is 10.1. The molecule has 1 aliphatic carbocycles. The van der Waals surface area contributed by atoms with Crippen LogP contribution in [-0.2, 0) is 16.0 Å². The minimum atomic E-state index is -0.619. The van der Waals surface area contributed by atoms with Crippen molar-refractivity contribution < 1.29 is 9.59 Å². The Kier molecular flexibility index (Phi) is 7.03. The molecule has 2 aromatic rings. The summed E-state index contributed by atoms with van der Waals surface area (Å²) in [5, 5.41) is 3.04. The molecule has 1 aromatic heterocycles. The van der Waals surface area contributed by atoms with Gasteiger partial charge in [0.2, 0.25) is 11.8 Å². The Hall–Kier alpha value is -2.95. The highest BCUT2D eigenvalue weighted by atomic mass is 16.2. The number of benzene rings is 1. The minimum Gasteiger partial charge on any atom is -0.352 e. The average Bonchev–Trinajstić information content (AvgIpc) is 3.38. The molecule has 168 valence electrons. The smallest absolute Gasteiger partial charge is 0.228 e. The summed E-state index contributed by atoms with van der Waals surface area (Å²) in [6.45, 7) is 5.42. The van der Waals surface area contributed by atoms with Crippen molar-refractivity contribution in [3.63, 3.8) is 0 Å². The molecule has 32 heavy (non-hydrogen) atoms. The third-order valence-corrected chi connectivity index (χ3v) is 6.96. The monoisotopic (exact) mass is 431 g/mol. The Morgan fingerprint density at radius 3 is 2.66 bits per heavy atom. The van der Waals surface area contributed by atoms with Gasteiger partial charge in [0.15, 0.2) is 0 Å². The Balaban J connectivity index is 1.60. The Bertz CT molecular complexity index is 952. The fraction of sp³-hybridized carbons (Fsp3) is 0.444. The molecule has 4 rings (SSSR count). The molecular formula is C27H33N3O2. The van der Waals surface area contributed by atoms with E-state index in [9.17, 15) is 9.59 Å². The zero-order chi connectivity index (χ0) is 22.4. The molecule has 1 aromatic carbocycles. The maximum atomic E-state index is 13.4. The number of nitrogens with one attached hydrogen (secondary N) is 1. The molecular weight excluding hydrogens is 398 g/mol. The predicted octanol–water partition coefficient (Wildman–Crippen LogP) is 4.39. The van der Waals surface area contributed by atoms with E-state index in [2.05, 4.69) is 35.1 Å². The van der Waals surface area contributed by atoms with E-state index >= 15 is 0 Å². The summed E-state index contributed by atoms with van der Waals surface area (Å²) in [6, 6.07) is 12.4. The Labute approximate surface area is 190 Å². The first-order valence-corrected chi connectivity index (χ1v) is 11.8. The number of hydrogen-bond acceptors (Lipinski definition) is 3. The van der Waals surface area contributed by atoms with Gasteiger partial charge < -0.3 is 10.2 Å². The van der Waals surface area contributed by atoms with E-state index in [1.165, 1.54) is 0 Å². The number of hydrogen-bond donors (Lipinski definition) is 1. The van der Waals surface area contributed by atoms with Crippen LogP contribution in [0.15, 0.2) is 61.4 Å². The predicted molar refractivity (Wildman–Crippen MR) is 127 cm³/mol. The quantitative estimate of drug-likeness (QED) is 0.661. The van der Waals surface area contributed by atoms with E-state index in [4.69, 9.17) is 0 Å². The van der Waals surface area contributed by atoms with Crippen molar-refractivity contribution in [2.75, 3.05) is 19.6 Å². The first-order valence-electron chi connectivity index (χ1n) is 11.8. The fourth-order valence-corrected chi connectivity index (χ4v) is 5.31. The van der Waals surface area contributed by atoms with Gasteiger partial charge in [-0.05, 0) is 60.9 Å². The second-order valence-corrected chi connectivity index (χ2v) is 9.24. The first-order chi connectivity index (χ1) is 15.6. The van der Waals surface area contributed by atoms with Crippen molar-refractivity contribution in [2.45, 2.75) is 44.9 Å². The third-order valence-electron chi connectivity index (χ3n) is 6.96. The van der Waals surface area contributed by atoms with Gasteiger partial charge in [0.05, 0.1) is 5.41 Å². The van der Waals surface area contributed by atoms with Crippen molar-refractivity contribution in [2.24, 2.45) is 11.3 Å². The van der Waals surface area contributed by atoms with E-state index in [-0.39, 0.29) is 17.7 Å². The standard InChI is InChI=1S/C27H33N3O2/c1-2-14-29-26(32)27(13-6-17-30(20-27)25(31)23-8-3-4-9-23)19-21-7-5-10-24(18-21)22-11-15-28-16-12-22/h2,5,7,10-12,15-16,18,23H,1,3-4,6,8-9,13-14,17,19-20H2,(H,29,32)/t27-/m0/s1. The summed E-state index contributed by atoms with van der Waals surface area (Å²) in [7, 11) is 0. The van der Waals surface area contributed by atoms with Gasteiger partial charge in [0, 0.05) is 37.9 Å².